The van der Waals surface area contributed by atoms with Crippen LogP contribution in [0.3, 0.4) is 0 Å². The second-order valence-corrected chi connectivity index (χ2v) is 4.56. The number of nitrogens with two attached hydrogens (primary N) is 1. The minimum atomic E-state index is 0.470. The number of nitrogens with one attached hydrogen (secondary N) is 1. The van der Waals surface area contributed by atoms with Gasteiger partial charge in [0.25, 0.3) is 0 Å². The van der Waals surface area contributed by atoms with E-state index < -0.39 is 0 Å². The van der Waals surface area contributed by atoms with Crippen LogP contribution in [-0.2, 0) is 0 Å². The quantitative estimate of drug-likeness (QED) is 0.595. The van der Waals surface area contributed by atoms with Crippen molar-refractivity contribution in [2.75, 3.05) is 37.2 Å². The van der Waals surface area contributed by atoms with Crippen molar-refractivity contribution < 1.29 is 0 Å². The van der Waals surface area contributed by atoms with Crippen LogP contribution in [0.25, 0.3) is 0 Å². The van der Waals surface area contributed by atoms with Gasteiger partial charge in [0.15, 0.2) is 0 Å². The Morgan fingerprint density at radius 2 is 2.06 bits per heavy atom. The van der Waals surface area contributed by atoms with Crippen molar-refractivity contribution in [3.63, 3.8) is 0 Å². The van der Waals surface area contributed by atoms with Crippen LogP contribution in [0.15, 0.2) is 10.7 Å². The van der Waals surface area contributed by atoms with E-state index in [9.17, 15) is 0 Å². The lowest BCUT2D eigenvalue weighted by molar-refractivity contribution is 0.303. The third-order valence-corrected chi connectivity index (χ3v) is 2.95. The van der Waals surface area contributed by atoms with E-state index in [1.54, 1.807) is 6.07 Å². The summed E-state index contributed by atoms with van der Waals surface area (Å²) in [4.78, 5) is 10.7. The molecule has 6 heteroatoms. The molecule has 0 radical (unpaired) electrons. The van der Waals surface area contributed by atoms with E-state index in [-0.39, 0.29) is 0 Å². The zero-order valence-electron chi connectivity index (χ0n) is 10.4. The predicted molar refractivity (Wildman–Crippen MR) is 75.0 cm³/mol. The maximum atomic E-state index is 5.63. The van der Waals surface area contributed by atoms with Gasteiger partial charge in [-0.05, 0) is 42.0 Å². The van der Waals surface area contributed by atoms with Gasteiger partial charge in [-0.25, -0.2) is 4.98 Å². The Labute approximate surface area is 111 Å². The Bertz CT molecular complexity index is 320. The molecule has 0 bridgehead atoms. The lowest BCUT2D eigenvalue weighted by atomic mass is 10.3. The molecule has 0 aliphatic carbocycles. The first-order chi connectivity index (χ1) is 8.15. The molecule has 0 aliphatic rings. The van der Waals surface area contributed by atoms with Crippen molar-refractivity contribution in [3.05, 3.63) is 10.7 Å². The highest BCUT2D eigenvalue weighted by atomic mass is 79.9. The Balaban J connectivity index is 2.31. The van der Waals surface area contributed by atoms with Crippen molar-refractivity contribution in [1.82, 2.24) is 14.9 Å². The SMILES string of the molecule is CCN(CC)CCCNc1nc(N)cc(Br)n1. The van der Waals surface area contributed by atoms with Crippen molar-refractivity contribution in [1.29, 1.82) is 0 Å². The van der Waals surface area contributed by atoms with Crippen LogP contribution in [-0.4, -0.2) is 41.0 Å². The number of anilines is 2. The molecule has 0 saturated heterocycles. The van der Waals surface area contributed by atoms with Crippen LogP contribution >= 0.6 is 15.9 Å². The molecule has 0 spiro atoms. The lowest BCUT2D eigenvalue weighted by Crippen LogP contribution is -2.25. The Morgan fingerprint density at radius 1 is 1.35 bits per heavy atom. The number of hydrogen-bond acceptors (Lipinski definition) is 5. The number of nitrogen functional groups attached to an aromatic ring is 1. The summed E-state index contributed by atoms with van der Waals surface area (Å²) in [5.74, 6) is 1.05. The largest absolute Gasteiger partial charge is 0.383 e. The number of rotatable bonds is 7. The zero-order valence-corrected chi connectivity index (χ0v) is 12.0. The molecule has 1 aromatic rings. The molecule has 1 aromatic heterocycles. The average molecular weight is 302 g/mol. The van der Waals surface area contributed by atoms with Crippen LogP contribution in [0.4, 0.5) is 11.8 Å². The normalized spacial score (nSPS) is 10.8. The maximum absolute atomic E-state index is 5.63. The van der Waals surface area contributed by atoms with E-state index in [4.69, 9.17) is 5.73 Å². The first-order valence-corrected chi connectivity index (χ1v) is 6.71. The van der Waals surface area contributed by atoms with Crippen LogP contribution in [0.1, 0.15) is 20.3 Å². The van der Waals surface area contributed by atoms with Crippen LogP contribution in [0.5, 0.6) is 0 Å². The lowest BCUT2D eigenvalue weighted by Gasteiger charge is -2.17. The Hall–Kier alpha value is -0.880. The molecule has 0 amide bonds. The van der Waals surface area contributed by atoms with E-state index in [1.807, 2.05) is 0 Å². The van der Waals surface area contributed by atoms with Gasteiger partial charge >= 0.3 is 0 Å². The summed E-state index contributed by atoms with van der Waals surface area (Å²) in [6.45, 7) is 8.48. The molecule has 1 rings (SSSR count). The molecule has 0 aromatic carbocycles. The van der Waals surface area contributed by atoms with Gasteiger partial charge in [0.1, 0.15) is 10.4 Å². The van der Waals surface area contributed by atoms with Crippen molar-refractivity contribution in [2.24, 2.45) is 0 Å². The molecule has 0 atom stereocenters. The molecule has 3 N–H and O–H groups in total. The molecule has 0 fully saturated rings. The van der Waals surface area contributed by atoms with Crippen molar-refractivity contribution in [2.45, 2.75) is 20.3 Å². The zero-order chi connectivity index (χ0) is 12.7. The second-order valence-electron chi connectivity index (χ2n) is 3.75. The highest BCUT2D eigenvalue weighted by Crippen LogP contribution is 2.12. The van der Waals surface area contributed by atoms with E-state index >= 15 is 0 Å². The monoisotopic (exact) mass is 301 g/mol. The standard InChI is InChI=1S/C11H20BrN5/c1-3-17(4-2)7-5-6-14-11-15-9(12)8-10(13)16-11/h8H,3-7H2,1-2H3,(H3,13,14,15,16). The molecule has 0 saturated carbocycles. The fourth-order valence-electron chi connectivity index (χ4n) is 1.56. The highest BCUT2D eigenvalue weighted by Gasteiger charge is 2.01. The fraction of sp³-hybridized carbons (Fsp3) is 0.636. The number of halogens is 1. The third-order valence-electron chi connectivity index (χ3n) is 2.54. The Kier molecular flexibility index (Phi) is 6.21. The number of hydrogen-bond donors (Lipinski definition) is 2. The van der Waals surface area contributed by atoms with Gasteiger partial charge < -0.3 is 16.0 Å². The summed E-state index contributed by atoms with van der Waals surface area (Å²) in [6, 6.07) is 1.68. The van der Waals surface area contributed by atoms with Crippen molar-refractivity contribution >= 4 is 27.7 Å². The molecule has 0 aliphatic heterocycles. The minimum absolute atomic E-state index is 0.470. The molecule has 17 heavy (non-hydrogen) atoms. The summed E-state index contributed by atoms with van der Waals surface area (Å²) >= 11 is 3.29. The van der Waals surface area contributed by atoms with Gasteiger partial charge in [-0.2, -0.15) is 4.98 Å². The van der Waals surface area contributed by atoms with Crippen LogP contribution < -0.4 is 11.1 Å². The van der Waals surface area contributed by atoms with Crippen molar-refractivity contribution in [3.8, 4) is 0 Å². The predicted octanol–water partition coefficient (Wildman–Crippen LogP) is 1.97. The van der Waals surface area contributed by atoms with Gasteiger partial charge in [-0.15, -0.1) is 0 Å². The smallest absolute Gasteiger partial charge is 0.225 e. The van der Waals surface area contributed by atoms with E-state index in [1.165, 1.54) is 0 Å². The topological polar surface area (TPSA) is 67.1 Å². The van der Waals surface area contributed by atoms with Gasteiger partial charge in [0, 0.05) is 12.6 Å². The van der Waals surface area contributed by atoms with Crippen LogP contribution in [0, 0.1) is 0 Å². The molecule has 1 heterocycles. The highest BCUT2D eigenvalue weighted by molar-refractivity contribution is 9.10. The van der Waals surface area contributed by atoms with Gasteiger partial charge in [0.2, 0.25) is 5.95 Å². The number of nitrogens with zero attached hydrogens (tertiary/aromatic N) is 3. The molecule has 96 valence electrons. The summed E-state index contributed by atoms with van der Waals surface area (Å²) in [5, 5.41) is 3.17. The molecule has 5 nitrogen and oxygen atoms in total. The summed E-state index contributed by atoms with van der Waals surface area (Å²) < 4.78 is 0.705. The van der Waals surface area contributed by atoms with Gasteiger partial charge in [0.05, 0.1) is 0 Å². The third kappa shape index (κ3) is 5.32. The average Bonchev–Trinajstić information content (AvgIpc) is 2.28. The first kappa shape index (κ1) is 14.2. The van der Waals surface area contributed by atoms with Crippen LogP contribution in [0.2, 0.25) is 0 Å². The van der Waals surface area contributed by atoms with E-state index in [0.29, 0.717) is 16.4 Å². The minimum Gasteiger partial charge on any atom is -0.383 e. The molecule has 0 unspecified atom stereocenters. The maximum Gasteiger partial charge on any atom is 0.225 e. The summed E-state index contributed by atoms with van der Waals surface area (Å²) in [5.41, 5.74) is 5.63. The number of aromatic nitrogens is 2. The fourth-order valence-corrected chi connectivity index (χ4v) is 1.96. The van der Waals surface area contributed by atoms with E-state index in [2.05, 4.69) is 50.0 Å². The molecular weight excluding hydrogens is 282 g/mol. The molecular formula is C11H20BrN5. The second kappa shape index (κ2) is 7.45. The Morgan fingerprint density at radius 3 is 2.65 bits per heavy atom. The van der Waals surface area contributed by atoms with Gasteiger partial charge in [-0.3, -0.25) is 0 Å². The first-order valence-electron chi connectivity index (χ1n) is 5.92. The van der Waals surface area contributed by atoms with Gasteiger partial charge in [-0.1, -0.05) is 13.8 Å². The summed E-state index contributed by atoms with van der Waals surface area (Å²) in [7, 11) is 0. The summed E-state index contributed by atoms with van der Waals surface area (Å²) in [6.07, 6.45) is 1.07. The van der Waals surface area contributed by atoms with E-state index in [0.717, 1.165) is 32.6 Å².